The number of nitrogens with zero attached hydrogens (tertiary/aromatic N) is 2. The van der Waals surface area contributed by atoms with Gasteiger partial charge >= 0.3 is 0 Å². The molecule has 0 aromatic heterocycles. The topological polar surface area (TPSA) is 36.3 Å². The molecule has 1 aliphatic heterocycles. The molecular formula is C12H12Cl2N2O. The van der Waals surface area contributed by atoms with E-state index in [1.165, 1.54) is 0 Å². The van der Waals surface area contributed by atoms with E-state index in [2.05, 4.69) is 11.0 Å². The molecule has 1 aromatic carbocycles. The van der Waals surface area contributed by atoms with Crippen LogP contribution in [0.5, 0.6) is 0 Å². The van der Waals surface area contributed by atoms with Crippen LogP contribution < -0.4 is 0 Å². The summed E-state index contributed by atoms with van der Waals surface area (Å²) in [6.07, 6.45) is 0. The van der Waals surface area contributed by atoms with Gasteiger partial charge in [0.15, 0.2) is 0 Å². The Kier molecular flexibility index (Phi) is 4.25. The third kappa shape index (κ3) is 2.91. The van der Waals surface area contributed by atoms with Gasteiger partial charge in [-0.05, 0) is 12.1 Å². The molecule has 3 nitrogen and oxygen atoms in total. The van der Waals surface area contributed by atoms with Crippen LogP contribution in [-0.2, 0) is 4.74 Å². The Bertz CT molecular complexity index is 439. The largest absolute Gasteiger partial charge is 0.379 e. The van der Waals surface area contributed by atoms with Crippen molar-refractivity contribution in [3.63, 3.8) is 0 Å². The molecule has 0 amide bonds. The first-order valence-electron chi connectivity index (χ1n) is 5.38. The van der Waals surface area contributed by atoms with Gasteiger partial charge in [0.1, 0.15) is 6.04 Å². The van der Waals surface area contributed by atoms with Crippen LogP contribution in [0.2, 0.25) is 10.0 Å². The molecule has 0 saturated carbocycles. The van der Waals surface area contributed by atoms with E-state index in [9.17, 15) is 5.26 Å². The van der Waals surface area contributed by atoms with Crippen molar-refractivity contribution in [3.8, 4) is 6.07 Å². The minimum absolute atomic E-state index is 0.330. The van der Waals surface area contributed by atoms with Gasteiger partial charge in [0.2, 0.25) is 0 Å². The standard InChI is InChI=1S/C12H12Cl2N2O/c13-9-1-2-10(11(14)7-9)12(8-15)16-3-5-17-6-4-16/h1-2,7,12H,3-6H2. The average Bonchev–Trinajstić information content (AvgIpc) is 2.34. The highest BCUT2D eigenvalue weighted by atomic mass is 35.5. The van der Waals surface area contributed by atoms with E-state index < -0.39 is 0 Å². The normalized spacial score (nSPS) is 18.6. The summed E-state index contributed by atoms with van der Waals surface area (Å²) in [5, 5.41) is 10.4. The molecule has 1 saturated heterocycles. The second-order valence-electron chi connectivity index (χ2n) is 3.85. The van der Waals surface area contributed by atoms with Crippen LogP contribution in [0.4, 0.5) is 0 Å². The van der Waals surface area contributed by atoms with Crippen molar-refractivity contribution < 1.29 is 4.74 Å². The first-order chi connectivity index (χ1) is 8.22. The molecule has 0 spiro atoms. The number of morpholine rings is 1. The molecule has 5 heteroatoms. The second kappa shape index (κ2) is 5.70. The van der Waals surface area contributed by atoms with E-state index in [0.29, 0.717) is 23.3 Å². The van der Waals surface area contributed by atoms with E-state index in [4.69, 9.17) is 27.9 Å². The van der Waals surface area contributed by atoms with Gasteiger partial charge in [0, 0.05) is 28.7 Å². The monoisotopic (exact) mass is 270 g/mol. The minimum Gasteiger partial charge on any atom is -0.379 e. The van der Waals surface area contributed by atoms with E-state index in [-0.39, 0.29) is 6.04 Å². The Morgan fingerprint density at radius 2 is 2.00 bits per heavy atom. The number of nitriles is 1. The average molecular weight is 271 g/mol. The van der Waals surface area contributed by atoms with Crippen LogP contribution in [0.15, 0.2) is 18.2 Å². The lowest BCUT2D eigenvalue weighted by Crippen LogP contribution is -2.38. The zero-order valence-corrected chi connectivity index (χ0v) is 10.7. The Morgan fingerprint density at radius 3 is 2.59 bits per heavy atom. The summed E-state index contributed by atoms with van der Waals surface area (Å²) in [4.78, 5) is 2.07. The number of hydrogen-bond acceptors (Lipinski definition) is 3. The highest BCUT2D eigenvalue weighted by Crippen LogP contribution is 2.29. The van der Waals surface area contributed by atoms with Gasteiger partial charge in [-0.25, -0.2) is 0 Å². The summed E-state index contributed by atoms with van der Waals surface area (Å²) in [6.45, 7) is 2.81. The summed E-state index contributed by atoms with van der Waals surface area (Å²) in [5.74, 6) is 0. The maximum atomic E-state index is 9.30. The van der Waals surface area contributed by atoms with Crippen molar-refractivity contribution in [1.82, 2.24) is 4.90 Å². The zero-order chi connectivity index (χ0) is 12.3. The SMILES string of the molecule is N#CC(c1ccc(Cl)cc1Cl)N1CCOCC1. The fourth-order valence-corrected chi connectivity index (χ4v) is 2.42. The van der Waals surface area contributed by atoms with Gasteiger partial charge in [-0.2, -0.15) is 5.26 Å². The molecule has 1 aliphatic rings. The van der Waals surface area contributed by atoms with Crippen LogP contribution in [-0.4, -0.2) is 31.2 Å². The lowest BCUT2D eigenvalue weighted by Gasteiger charge is -2.31. The first kappa shape index (κ1) is 12.7. The van der Waals surface area contributed by atoms with Gasteiger partial charge in [-0.1, -0.05) is 29.3 Å². The molecule has 17 heavy (non-hydrogen) atoms. The fraction of sp³-hybridized carbons (Fsp3) is 0.417. The van der Waals surface area contributed by atoms with Gasteiger partial charge in [0.05, 0.1) is 19.3 Å². The number of halogens is 2. The molecule has 1 fully saturated rings. The Labute approximate surface area is 110 Å². The van der Waals surface area contributed by atoms with Crippen LogP contribution >= 0.6 is 23.2 Å². The molecule has 0 N–H and O–H groups in total. The fourth-order valence-electron chi connectivity index (χ4n) is 1.91. The molecule has 2 rings (SSSR count). The van der Waals surface area contributed by atoms with E-state index in [0.717, 1.165) is 18.7 Å². The third-order valence-electron chi connectivity index (χ3n) is 2.79. The maximum Gasteiger partial charge on any atom is 0.125 e. The smallest absolute Gasteiger partial charge is 0.125 e. The molecule has 1 unspecified atom stereocenters. The highest BCUT2D eigenvalue weighted by molar-refractivity contribution is 6.35. The Morgan fingerprint density at radius 1 is 1.29 bits per heavy atom. The Hall–Kier alpha value is -0.790. The van der Waals surface area contributed by atoms with E-state index in [1.807, 2.05) is 6.07 Å². The molecule has 90 valence electrons. The first-order valence-corrected chi connectivity index (χ1v) is 6.14. The Balaban J connectivity index is 2.25. The number of hydrogen-bond donors (Lipinski definition) is 0. The number of ether oxygens (including phenoxy) is 1. The van der Waals surface area contributed by atoms with Crippen molar-refractivity contribution in [2.45, 2.75) is 6.04 Å². The minimum atomic E-state index is -0.330. The third-order valence-corrected chi connectivity index (χ3v) is 3.35. The van der Waals surface area contributed by atoms with Gasteiger partial charge in [-0.15, -0.1) is 0 Å². The van der Waals surface area contributed by atoms with Crippen LogP contribution in [0.25, 0.3) is 0 Å². The van der Waals surface area contributed by atoms with E-state index >= 15 is 0 Å². The van der Waals surface area contributed by atoms with Crippen molar-refractivity contribution in [2.24, 2.45) is 0 Å². The van der Waals surface area contributed by atoms with Gasteiger partial charge < -0.3 is 4.74 Å². The van der Waals surface area contributed by atoms with Crippen molar-refractivity contribution in [3.05, 3.63) is 33.8 Å². The van der Waals surface area contributed by atoms with Crippen molar-refractivity contribution >= 4 is 23.2 Å². The molecule has 1 heterocycles. The molecular weight excluding hydrogens is 259 g/mol. The maximum absolute atomic E-state index is 9.30. The molecule has 1 atom stereocenters. The van der Waals surface area contributed by atoms with E-state index in [1.54, 1.807) is 12.1 Å². The zero-order valence-electron chi connectivity index (χ0n) is 9.20. The highest BCUT2D eigenvalue weighted by Gasteiger charge is 2.24. The summed E-state index contributed by atoms with van der Waals surface area (Å²) < 4.78 is 5.27. The van der Waals surface area contributed by atoms with Gasteiger partial charge in [-0.3, -0.25) is 4.90 Å². The summed E-state index contributed by atoms with van der Waals surface area (Å²) in [7, 11) is 0. The summed E-state index contributed by atoms with van der Waals surface area (Å²) in [5.41, 5.74) is 0.806. The van der Waals surface area contributed by atoms with Crippen LogP contribution in [0.3, 0.4) is 0 Å². The second-order valence-corrected chi connectivity index (χ2v) is 4.69. The van der Waals surface area contributed by atoms with Crippen LogP contribution in [0.1, 0.15) is 11.6 Å². The summed E-state index contributed by atoms with van der Waals surface area (Å²) >= 11 is 12.0. The van der Waals surface area contributed by atoms with Crippen molar-refractivity contribution in [2.75, 3.05) is 26.3 Å². The number of rotatable bonds is 2. The van der Waals surface area contributed by atoms with Crippen molar-refractivity contribution in [1.29, 1.82) is 5.26 Å². The molecule has 0 bridgehead atoms. The summed E-state index contributed by atoms with van der Waals surface area (Å²) in [6, 6.07) is 7.20. The van der Waals surface area contributed by atoms with Gasteiger partial charge in [0.25, 0.3) is 0 Å². The molecule has 0 radical (unpaired) electrons. The van der Waals surface area contributed by atoms with Crippen LogP contribution in [0, 0.1) is 11.3 Å². The lowest BCUT2D eigenvalue weighted by molar-refractivity contribution is 0.0266. The quantitative estimate of drug-likeness (QED) is 0.829. The molecule has 0 aliphatic carbocycles. The predicted molar refractivity (Wildman–Crippen MR) is 67.2 cm³/mol. The predicted octanol–water partition coefficient (Wildman–Crippen LogP) is 2.89. The lowest BCUT2D eigenvalue weighted by atomic mass is 10.1. The molecule has 1 aromatic rings. The number of benzene rings is 1.